The zero-order valence-electron chi connectivity index (χ0n) is 14.1. The zero-order valence-corrected chi connectivity index (χ0v) is 14.1. The van der Waals surface area contributed by atoms with E-state index in [-0.39, 0.29) is 6.10 Å². The number of aryl methyl sites for hydroxylation is 1. The van der Waals surface area contributed by atoms with Gasteiger partial charge in [-0.2, -0.15) is 0 Å². The van der Waals surface area contributed by atoms with Gasteiger partial charge in [-0.1, -0.05) is 0 Å². The molecule has 0 aromatic carbocycles. The fourth-order valence-electron chi connectivity index (χ4n) is 3.80. The average molecular weight is 328 g/mol. The molecule has 2 aliphatic heterocycles. The summed E-state index contributed by atoms with van der Waals surface area (Å²) in [7, 11) is 0. The second-order valence-electron chi connectivity index (χ2n) is 6.71. The molecule has 0 aliphatic carbocycles. The Kier molecular flexibility index (Phi) is 4.54. The highest BCUT2D eigenvalue weighted by Crippen LogP contribution is 2.32. The molecule has 4 heterocycles. The van der Waals surface area contributed by atoms with Crippen molar-refractivity contribution in [1.29, 1.82) is 0 Å². The van der Waals surface area contributed by atoms with E-state index < -0.39 is 0 Å². The van der Waals surface area contributed by atoms with Crippen LogP contribution in [0.25, 0.3) is 0 Å². The lowest BCUT2D eigenvalue weighted by Crippen LogP contribution is -2.43. The first-order valence-electron chi connectivity index (χ1n) is 8.75. The van der Waals surface area contributed by atoms with Gasteiger partial charge in [0.05, 0.1) is 24.9 Å². The van der Waals surface area contributed by atoms with E-state index in [0.717, 1.165) is 49.6 Å². The summed E-state index contributed by atoms with van der Waals surface area (Å²) in [5, 5.41) is 0. The predicted molar refractivity (Wildman–Crippen MR) is 89.9 cm³/mol. The van der Waals surface area contributed by atoms with Gasteiger partial charge in [0.2, 0.25) is 0 Å². The van der Waals surface area contributed by atoms with Gasteiger partial charge in [-0.3, -0.25) is 9.88 Å². The Hall–Kier alpha value is -1.85. The molecule has 2 aliphatic rings. The summed E-state index contributed by atoms with van der Waals surface area (Å²) >= 11 is 0. The maximum absolute atomic E-state index is 6.29. The minimum absolute atomic E-state index is 0.178. The number of ether oxygens (including phenoxy) is 2. The number of rotatable bonds is 5. The molecule has 0 spiro atoms. The van der Waals surface area contributed by atoms with Crippen molar-refractivity contribution in [3.63, 3.8) is 0 Å². The second-order valence-corrected chi connectivity index (χ2v) is 6.71. The van der Waals surface area contributed by atoms with Crippen LogP contribution in [0.2, 0.25) is 0 Å². The summed E-state index contributed by atoms with van der Waals surface area (Å²) in [5.41, 5.74) is 0. The summed E-state index contributed by atoms with van der Waals surface area (Å²) in [6, 6.07) is 8.44. The van der Waals surface area contributed by atoms with E-state index >= 15 is 0 Å². The zero-order chi connectivity index (χ0) is 16.4. The van der Waals surface area contributed by atoms with Crippen molar-refractivity contribution in [1.82, 2.24) is 9.88 Å². The molecule has 0 N–H and O–H groups in total. The second kappa shape index (κ2) is 6.95. The van der Waals surface area contributed by atoms with Crippen LogP contribution in [-0.4, -0.2) is 41.3 Å². The van der Waals surface area contributed by atoms with Crippen LogP contribution in [0.3, 0.4) is 0 Å². The first-order valence-corrected chi connectivity index (χ1v) is 8.75. The Morgan fingerprint density at radius 1 is 1.25 bits per heavy atom. The smallest absolute Gasteiger partial charge is 0.137 e. The van der Waals surface area contributed by atoms with Crippen LogP contribution in [0.5, 0.6) is 5.75 Å². The molecule has 5 heteroatoms. The van der Waals surface area contributed by atoms with E-state index in [0.29, 0.717) is 18.8 Å². The van der Waals surface area contributed by atoms with Gasteiger partial charge >= 0.3 is 0 Å². The molecule has 2 aromatic rings. The fraction of sp³-hybridized carbons (Fsp3) is 0.526. The molecule has 0 saturated carbocycles. The van der Waals surface area contributed by atoms with Gasteiger partial charge in [-0.15, -0.1) is 0 Å². The number of fused-ring (bicyclic) bond motifs is 1. The molecule has 0 radical (unpaired) electrons. The number of hydrogen-bond donors (Lipinski definition) is 0. The van der Waals surface area contributed by atoms with E-state index in [2.05, 4.69) is 16.0 Å². The quantitative estimate of drug-likeness (QED) is 0.843. The van der Waals surface area contributed by atoms with Crippen LogP contribution in [0.4, 0.5) is 0 Å². The molecular formula is C19H24N2O3. The van der Waals surface area contributed by atoms with Crippen LogP contribution < -0.4 is 4.74 Å². The minimum Gasteiger partial charge on any atom is -0.489 e. The van der Waals surface area contributed by atoms with Crippen molar-refractivity contribution in [3.8, 4) is 5.75 Å². The maximum Gasteiger partial charge on any atom is 0.137 e. The van der Waals surface area contributed by atoms with Crippen molar-refractivity contribution >= 4 is 0 Å². The maximum atomic E-state index is 6.29. The average Bonchev–Trinajstić information content (AvgIpc) is 3.20. The first-order chi connectivity index (χ1) is 11.8. The Morgan fingerprint density at radius 2 is 2.21 bits per heavy atom. The van der Waals surface area contributed by atoms with E-state index in [1.54, 1.807) is 12.4 Å². The number of aromatic nitrogens is 1. The number of likely N-dealkylation sites (tertiary alicyclic amines) is 1. The van der Waals surface area contributed by atoms with Gasteiger partial charge in [0.1, 0.15) is 23.9 Å². The lowest BCUT2D eigenvalue weighted by Gasteiger charge is -2.35. The Balaban J connectivity index is 1.29. The Bertz CT molecular complexity index is 658. The first kappa shape index (κ1) is 15.7. The number of hydrogen-bond acceptors (Lipinski definition) is 5. The van der Waals surface area contributed by atoms with Crippen LogP contribution in [0.1, 0.15) is 30.8 Å². The summed E-state index contributed by atoms with van der Waals surface area (Å²) < 4.78 is 17.8. The van der Waals surface area contributed by atoms with Gasteiger partial charge in [-0.05, 0) is 50.5 Å². The van der Waals surface area contributed by atoms with Crippen molar-refractivity contribution in [2.75, 3.05) is 13.2 Å². The van der Waals surface area contributed by atoms with Crippen LogP contribution >= 0.6 is 0 Å². The Labute approximate surface area is 142 Å². The molecule has 2 fully saturated rings. The number of furan rings is 1. The van der Waals surface area contributed by atoms with Gasteiger partial charge in [0, 0.05) is 18.8 Å². The standard InChI is InChI=1S/C19H24N2O3/c1-14-4-5-16(23-14)12-21-10-8-19-18(21)7-6-17(24-19)13-22-15-3-2-9-20-11-15/h2-5,9,11,17-19H,6-8,10,12-13H2,1H3/t17-,18+,19+/m1/s1. The molecule has 2 aromatic heterocycles. The topological polar surface area (TPSA) is 47.7 Å². The molecule has 0 bridgehead atoms. The monoisotopic (exact) mass is 328 g/mol. The number of nitrogens with zero attached hydrogens (tertiary/aromatic N) is 2. The third-order valence-corrected chi connectivity index (χ3v) is 4.98. The molecule has 3 atom stereocenters. The lowest BCUT2D eigenvalue weighted by molar-refractivity contribution is -0.0845. The van der Waals surface area contributed by atoms with Crippen molar-refractivity contribution in [3.05, 3.63) is 48.2 Å². The number of pyridine rings is 1. The summed E-state index contributed by atoms with van der Waals surface area (Å²) in [6.07, 6.45) is 7.28. The SMILES string of the molecule is Cc1ccc(CN2CC[C@@H]3O[C@@H](COc4cccnc4)CC[C@@H]32)o1. The summed E-state index contributed by atoms with van der Waals surface area (Å²) in [4.78, 5) is 6.57. The molecule has 2 saturated heterocycles. The van der Waals surface area contributed by atoms with Gasteiger partial charge in [-0.25, -0.2) is 0 Å². The molecule has 4 rings (SSSR count). The van der Waals surface area contributed by atoms with Crippen molar-refractivity contribution in [2.45, 2.75) is 51.0 Å². The van der Waals surface area contributed by atoms with E-state index in [9.17, 15) is 0 Å². The largest absolute Gasteiger partial charge is 0.489 e. The normalized spacial score (nSPS) is 27.1. The molecule has 5 nitrogen and oxygen atoms in total. The van der Waals surface area contributed by atoms with E-state index in [4.69, 9.17) is 13.9 Å². The van der Waals surface area contributed by atoms with Gasteiger partial charge in [0.15, 0.2) is 0 Å². The lowest BCUT2D eigenvalue weighted by atomic mass is 9.99. The molecule has 0 amide bonds. The molecule has 128 valence electrons. The minimum atomic E-state index is 0.178. The predicted octanol–water partition coefficient (Wildman–Crippen LogP) is 3.18. The highest BCUT2D eigenvalue weighted by Gasteiger charge is 2.40. The van der Waals surface area contributed by atoms with Crippen molar-refractivity contribution < 1.29 is 13.9 Å². The fourth-order valence-corrected chi connectivity index (χ4v) is 3.80. The van der Waals surface area contributed by atoms with Gasteiger partial charge < -0.3 is 13.9 Å². The van der Waals surface area contributed by atoms with Crippen LogP contribution in [0, 0.1) is 6.92 Å². The summed E-state index contributed by atoms with van der Waals surface area (Å²) in [6.45, 7) is 4.56. The highest BCUT2D eigenvalue weighted by molar-refractivity contribution is 5.15. The Morgan fingerprint density at radius 3 is 3.00 bits per heavy atom. The summed E-state index contributed by atoms with van der Waals surface area (Å²) in [5.74, 6) is 2.84. The van der Waals surface area contributed by atoms with Crippen LogP contribution in [-0.2, 0) is 11.3 Å². The molecule has 0 unspecified atom stereocenters. The van der Waals surface area contributed by atoms with Crippen molar-refractivity contribution in [2.24, 2.45) is 0 Å². The molecular weight excluding hydrogens is 304 g/mol. The molecule has 24 heavy (non-hydrogen) atoms. The van der Waals surface area contributed by atoms with E-state index in [1.165, 1.54) is 0 Å². The highest BCUT2D eigenvalue weighted by atomic mass is 16.5. The van der Waals surface area contributed by atoms with Crippen LogP contribution in [0.15, 0.2) is 41.1 Å². The van der Waals surface area contributed by atoms with E-state index in [1.807, 2.05) is 25.1 Å². The third-order valence-electron chi connectivity index (χ3n) is 4.98. The third kappa shape index (κ3) is 3.47. The van der Waals surface area contributed by atoms with Gasteiger partial charge in [0.25, 0.3) is 0 Å².